The van der Waals surface area contributed by atoms with E-state index >= 15 is 0 Å². The second-order valence-corrected chi connectivity index (χ2v) is 9.71. The Morgan fingerprint density at radius 2 is 1.96 bits per heavy atom. The van der Waals surface area contributed by atoms with Crippen LogP contribution < -0.4 is 4.74 Å². The number of rotatable bonds is 5. The molecule has 0 atom stereocenters. The second kappa shape index (κ2) is 7.70. The minimum Gasteiger partial charge on any atom is -0.490 e. The molecule has 0 spiro atoms. The van der Waals surface area contributed by atoms with Crippen molar-refractivity contribution in [2.75, 3.05) is 13.1 Å². The first kappa shape index (κ1) is 19.4. The molecule has 2 aromatic rings. The summed E-state index contributed by atoms with van der Waals surface area (Å²) in [6, 6.07) is 5.13. The molecule has 1 saturated heterocycles. The number of benzene rings is 1. The lowest BCUT2D eigenvalue weighted by Crippen LogP contribution is -2.38. The third-order valence-corrected chi connectivity index (χ3v) is 6.95. The van der Waals surface area contributed by atoms with E-state index < -0.39 is 10.0 Å². The number of aryl methyl sites for hydroxylation is 1. The minimum absolute atomic E-state index is 0.0959. The van der Waals surface area contributed by atoms with Crippen molar-refractivity contribution in [1.29, 1.82) is 0 Å². The standard InChI is InChI=1S/C18H24BrN3O3S/c1-13(2)25-17-5-4-16(19)10-18(17)26(23,24)22-8-6-14(7-9-22)15-11-20-21(3)12-15/h4-5,10-14H,6-9H2,1-3H3. The third kappa shape index (κ3) is 4.13. The molecule has 8 heteroatoms. The van der Waals surface area contributed by atoms with Crippen molar-refractivity contribution in [1.82, 2.24) is 14.1 Å². The number of ether oxygens (including phenoxy) is 1. The van der Waals surface area contributed by atoms with E-state index in [1.165, 1.54) is 5.56 Å². The normalized spacial score (nSPS) is 17.0. The van der Waals surface area contributed by atoms with Crippen LogP contribution in [0.1, 0.15) is 38.2 Å². The molecule has 3 rings (SSSR count). The van der Waals surface area contributed by atoms with Crippen LogP contribution in [0, 0.1) is 0 Å². The van der Waals surface area contributed by atoms with Gasteiger partial charge in [0, 0.05) is 30.8 Å². The molecule has 0 radical (unpaired) electrons. The number of hydrogen-bond donors (Lipinski definition) is 0. The Kier molecular flexibility index (Phi) is 5.74. The van der Waals surface area contributed by atoms with E-state index in [0.717, 1.165) is 17.3 Å². The van der Waals surface area contributed by atoms with Gasteiger partial charge in [0.2, 0.25) is 10.0 Å². The molecule has 0 saturated carbocycles. The maximum atomic E-state index is 13.2. The topological polar surface area (TPSA) is 64.4 Å². The van der Waals surface area contributed by atoms with Gasteiger partial charge in [0.15, 0.2) is 0 Å². The summed E-state index contributed by atoms with van der Waals surface area (Å²) in [5.41, 5.74) is 1.18. The zero-order valence-electron chi connectivity index (χ0n) is 15.2. The molecule has 1 aromatic heterocycles. The minimum atomic E-state index is -3.60. The van der Waals surface area contributed by atoms with Crippen molar-refractivity contribution in [3.8, 4) is 5.75 Å². The second-order valence-electron chi connectivity index (χ2n) is 6.88. The molecule has 0 amide bonds. The Morgan fingerprint density at radius 1 is 1.27 bits per heavy atom. The summed E-state index contributed by atoms with van der Waals surface area (Å²) >= 11 is 3.37. The van der Waals surface area contributed by atoms with E-state index in [2.05, 4.69) is 21.0 Å². The van der Waals surface area contributed by atoms with Gasteiger partial charge in [-0.15, -0.1) is 0 Å². The lowest BCUT2D eigenvalue weighted by Gasteiger charge is -2.31. The molecular formula is C18H24BrN3O3S. The predicted molar refractivity (Wildman–Crippen MR) is 104 cm³/mol. The van der Waals surface area contributed by atoms with Gasteiger partial charge in [-0.05, 0) is 56.4 Å². The van der Waals surface area contributed by atoms with E-state index in [0.29, 0.717) is 24.8 Å². The molecule has 1 aliphatic heterocycles. The van der Waals surface area contributed by atoms with Crippen LogP contribution in [0.3, 0.4) is 0 Å². The third-order valence-electron chi connectivity index (χ3n) is 4.54. The Labute approximate surface area is 163 Å². The molecule has 2 heterocycles. The summed E-state index contributed by atoms with van der Waals surface area (Å²) in [6.45, 7) is 4.76. The zero-order valence-corrected chi connectivity index (χ0v) is 17.6. The summed E-state index contributed by atoms with van der Waals surface area (Å²) in [7, 11) is -1.71. The maximum Gasteiger partial charge on any atom is 0.246 e. The largest absolute Gasteiger partial charge is 0.490 e. The fourth-order valence-corrected chi connectivity index (χ4v) is 5.38. The van der Waals surface area contributed by atoms with Crippen LogP contribution in [-0.4, -0.2) is 41.7 Å². The number of aromatic nitrogens is 2. The van der Waals surface area contributed by atoms with Crippen LogP contribution in [0.4, 0.5) is 0 Å². The van der Waals surface area contributed by atoms with Gasteiger partial charge >= 0.3 is 0 Å². The fourth-order valence-electron chi connectivity index (χ4n) is 3.25. The first-order chi connectivity index (χ1) is 12.3. The number of nitrogens with zero attached hydrogens (tertiary/aromatic N) is 3. The summed E-state index contributed by atoms with van der Waals surface area (Å²) in [6.07, 6.45) is 5.37. The monoisotopic (exact) mass is 441 g/mol. The molecule has 1 fully saturated rings. The lowest BCUT2D eigenvalue weighted by molar-refractivity contribution is 0.234. The van der Waals surface area contributed by atoms with Crippen LogP contribution in [0.15, 0.2) is 40.0 Å². The van der Waals surface area contributed by atoms with Gasteiger partial charge < -0.3 is 4.74 Å². The van der Waals surface area contributed by atoms with Crippen molar-refractivity contribution in [3.63, 3.8) is 0 Å². The van der Waals surface area contributed by atoms with Gasteiger partial charge in [-0.3, -0.25) is 4.68 Å². The van der Waals surface area contributed by atoms with Gasteiger partial charge in [-0.1, -0.05) is 15.9 Å². The van der Waals surface area contributed by atoms with Gasteiger partial charge in [0.25, 0.3) is 0 Å². The van der Waals surface area contributed by atoms with Gasteiger partial charge in [0.1, 0.15) is 10.6 Å². The molecule has 0 aliphatic carbocycles. The molecule has 0 unspecified atom stereocenters. The number of halogens is 1. The Hall–Kier alpha value is -1.38. The predicted octanol–water partition coefficient (Wildman–Crippen LogP) is 3.54. The number of piperidine rings is 1. The molecule has 1 aliphatic rings. The van der Waals surface area contributed by atoms with E-state index in [9.17, 15) is 8.42 Å². The van der Waals surface area contributed by atoms with Crippen LogP contribution in [0.5, 0.6) is 5.75 Å². The van der Waals surface area contributed by atoms with Crippen molar-refractivity contribution in [2.45, 2.75) is 43.6 Å². The highest BCUT2D eigenvalue weighted by Gasteiger charge is 2.32. The van der Waals surface area contributed by atoms with Crippen molar-refractivity contribution in [3.05, 3.63) is 40.6 Å². The number of sulfonamides is 1. The molecule has 1 aromatic carbocycles. The summed E-state index contributed by atoms with van der Waals surface area (Å²) < 4.78 is 36.2. The Balaban J connectivity index is 1.80. The highest BCUT2D eigenvalue weighted by molar-refractivity contribution is 9.10. The lowest BCUT2D eigenvalue weighted by atomic mass is 9.93. The Bertz CT molecular complexity index is 872. The van der Waals surface area contributed by atoms with Crippen molar-refractivity contribution in [2.24, 2.45) is 7.05 Å². The highest BCUT2D eigenvalue weighted by atomic mass is 79.9. The molecule has 26 heavy (non-hydrogen) atoms. The van der Waals surface area contributed by atoms with Crippen molar-refractivity contribution >= 4 is 26.0 Å². The van der Waals surface area contributed by atoms with Crippen molar-refractivity contribution < 1.29 is 13.2 Å². The average Bonchev–Trinajstić information content (AvgIpc) is 3.02. The number of hydrogen-bond acceptors (Lipinski definition) is 4. The summed E-state index contributed by atoms with van der Waals surface area (Å²) in [5, 5.41) is 4.22. The summed E-state index contributed by atoms with van der Waals surface area (Å²) in [4.78, 5) is 0.223. The van der Waals surface area contributed by atoms with E-state index in [-0.39, 0.29) is 11.0 Å². The average molecular weight is 442 g/mol. The Morgan fingerprint density at radius 3 is 2.54 bits per heavy atom. The first-order valence-electron chi connectivity index (χ1n) is 8.72. The smallest absolute Gasteiger partial charge is 0.246 e. The zero-order chi connectivity index (χ0) is 18.9. The molecule has 6 nitrogen and oxygen atoms in total. The van der Waals surface area contributed by atoms with Gasteiger partial charge in [0.05, 0.1) is 12.3 Å². The molecule has 0 bridgehead atoms. The summed E-state index contributed by atoms with van der Waals surface area (Å²) in [5.74, 6) is 0.752. The van der Waals surface area contributed by atoms with Crippen LogP contribution in [0.25, 0.3) is 0 Å². The molecule has 0 N–H and O–H groups in total. The van der Waals surface area contributed by atoms with E-state index in [1.807, 2.05) is 33.3 Å². The first-order valence-corrected chi connectivity index (χ1v) is 11.0. The van der Waals surface area contributed by atoms with E-state index in [4.69, 9.17) is 4.74 Å². The maximum absolute atomic E-state index is 13.2. The van der Waals surface area contributed by atoms with Crippen LogP contribution >= 0.6 is 15.9 Å². The highest BCUT2D eigenvalue weighted by Crippen LogP contribution is 2.34. The SMILES string of the molecule is CC(C)Oc1ccc(Br)cc1S(=O)(=O)N1CCC(c2cnn(C)c2)CC1. The fraction of sp³-hybridized carbons (Fsp3) is 0.500. The quantitative estimate of drug-likeness (QED) is 0.711. The van der Waals surface area contributed by atoms with Crippen LogP contribution in [-0.2, 0) is 17.1 Å². The molecule has 142 valence electrons. The molecular weight excluding hydrogens is 418 g/mol. The van der Waals surface area contributed by atoms with Gasteiger partial charge in [-0.25, -0.2) is 8.42 Å². The van der Waals surface area contributed by atoms with Crippen LogP contribution in [0.2, 0.25) is 0 Å². The van der Waals surface area contributed by atoms with Gasteiger partial charge in [-0.2, -0.15) is 9.40 Å². The van der Waals surface area contributed by atoms with E-state index in [1.54, 1.807) is 27.2 Å².